The molecule has 1 fully saturated rings. The molecule has 0 aromatic heterocycles. The topological polar surface area (TPSA) is 57.6 Å². The Morgan fingerprint density at radius 2 is 2.00 bits per heavy atom. The lowest BCUT2D eigenvalue weighted by Gasteiger charge is -2.17. The fraction of sp³-hybridized carbons (Fsp3) is 0.818. The summed E-state index contributed by atoms with van der Waals surface area (Å²) < 4.78 is 0. The Bertz CT molecular complexity index is 273. The van der Waals surface area contributed by atoms with E-state index in [4.69, 9.17) is 5.11 Å². The van der Waals surface area contributed by atoms with Crippen molar-refractivity contribution in [2.24, 2.45) is 11.3 Å². The molecule has 1 N–H and O–H groups in total. The first-order valence-electron chi connectivity index (χ1n) is 5.31. The van der Waals surface area contributed by atoms with Crippen LogP contribution >= 0.6 is 0 Å². The highest BCUT2D eigenvalue weighted by molar-refractivity contribution is 5.82. The van der Waals surface area contributed by atoms with Crippen LogP contribution in [0.25, 0.3) is 0 Å². The zero-order valence-electron chi connectivity index (χ0n) is 9.62. The largest absolute Gasteiger partial charge is 0.481 e. The van der Waals surface area contributed by atoms with Crippen molar-refractivity contribution in [3.63, 3.8) is 0 Å². The van der Waals surface area contributed by atoms with Gasteiger partial charge in [0, 0.05) is 25.9 Å². The van der Waals surface area contributed by atoms with Gasteiger partial charge in [0.25, 0.3) is 0 Å². The molecular formula is C11H19NO3. The van der Waals surface area contributed by atoms with Gasteiger partial charge in [0.1, 0.15) is 0 Å². The molecule has 1 aliphatic carbocycles. The Kier molecular flexibility index (Phi) is 3.37. The molecular weight excluding hydrogens is 194 g/mol. The highest BCUT2D eigenvalue weighted by atomic mass is 16.4. The summed E-state index contributed by atoms with van der Waals surface area (Å²) in [5, 5.41) is 8.47. The minimum absolute atomic E-state index is 0.131. The standard InChI is InChI=1S/C11H19NO3/c1-11(2)7-8(11)10(15)12(3)6-4-5-9(13)14/h8H,4-7H2,1-3H3,(H,13,14). The Hall–Kier alpha value is -1.06. The van der Waals surface area contributed by atoms with Crippen molar-refractivity contribution in [1.29, 1.82) is 0 Å². The fourth-order valence-electron chi connectivity index (χ4n) is 1.73. The van der Waals surface area contributed by atoms with Gasteiger partial charge in [0.15, 0.2) is 0 Å². The Morgan fingerprint density at radius 1 is 1.47 bits per heavy atom. The van der Waals surface area contributed by atoms with Crippen LogP contribution in [0.15, 0.2) is 0 Å². The molecule has 4 heteroatoms. The highest BCUT2D eigenvalue weighted by Crippen LogP contribution is 2.52. The number of aliphatic carboxylic acids is 1. The molecule has 0 aliphatic heterocycles. The Balaban J connectivity index is 2.26. The van der Waals surface area contributed by atoms with Crippen molar-refractivity contribution in [3.8, 4) is 0 Å². The quantitative estimate of drug-likeness (QED) is 0.750. The number of nitrogens with zero attached hydrogens (tertiary/aromatic N) is 1. The molecule has 0 spiro atoms. The highest BCUT2D eigenvalue weighted by Gasteiger charge is 2.51. The number of hydrogen-bond acceptors (Lipinski definition) is 2. The molecule has 0 aromatic carbocycles. The average Bonchev–Trinajstić information content (AvgIpc) is 2.73. The maximum absolute atomic E-state index is 11.8. The number of amides is 1. The third kappa shape index (κ3) is 3.22. The molecule has 1 atom stereocenters. The second-order valence-corrected chi connectivity index (χ2v) is 5.00. The molecule has 1 saturated carbocycles. The number of carbonyl (C=O) groups excluding carboxylic acids is 1. The lowest BCUT2D eigenvalue weighted by atomic mass is 10.1. The molecule has 0 aromatic rings. The number of carbonyl (C=O) groups is 2. The van der Waals surface area contributed by atoms with Crippen LogP contribution in [0.4, 0.5) is 0 Å². The van der Waals surface area contributed by atoms with E-state index in [2.05, 4.69) is 13.8 Å². The lowest BCUT2D eigenvalue weighted by Crippen LogP contribution is -2.30. The molecule has 0 saturated heterocycles. The molecule has 86 valence electrons. The van der Waals surface area contributed by atoms with Crippen LogP contribution in [0, 0.1) is 11.3 Å². The van der Waals surface area contributed by atoms with Gasteiger partial charge in [-0.15, -0.1) is 0 Å². The van der Waals surface area contributed by atoms with E-state index in [1.165, 1.54) is 0 Å². The summed E-state index contributed by atoms with van der Waals surface area (Å²) in [6.45, 7) is 4.71. The second kappa shape index (κ2) is 4.21. The van der Waals surface area contributed by atoms with Gasteiger partial charge in [-0.2, -0.15) is 0 Å². The SMILES string of the molecule is CN(CCCC(=O)O)C(=O)C1CC1(C)C. The molecule has 1 unspecified atom stereocenters. The van der Waals surface area contributed by atoms with Gasteiger partial charge in [-0.05, 0) is 18.3 Å². The molecule has 0 heterocycles. The van der Waals surface area contributed by atoms with Crippen molar-refractivity contribution < 1.29 is 14.7 Å². The molecule has 0 bridgehead atoms. The maximum atomic E-state index is 11.8. The van der Waals surface area contributed by atoms with Gasteiger partial charge in [0.05, 0.1) is 0 Å². The van der Waals surface area contributed by atoms with Crippen molar-refractivity contribution in [2.75, 3.05) is 13.6 Å². The summed E-state index contributed by atoms with van der Waals surface area (Å²) in [5.41, 5.74) is 0.151. The van der Waals surface area contributed by atoms with E-state index in [0.29, 0.717) is 13.0 Å². The third-order valence-electron chi connectivity index (χ3n) is 3.07. The van der Waals surface area contributed by atoms with Crippen LogP contribution in [0.1, 0.15) is 33.1 Å². The van der Waals surface area contributed by atoms with Gasteiger partial charge >= 0.3 is 5.97 Å². The van der Waals surface area contributed by atoms with Gasteiger partial charge in [-0.25, -0.2) is 0 Å². The minimum Gasteiger partial charge on any atom is -0.481 e. The van der Waals surface area contributed by atoms with Crippen LogP contribution in [-0.2, 0) is 9.59 Å². The third-order valence-corrected chi connectivity index (χ3v) is 3.07. The summed E-state index contributed by atoms with van der Waals surface area (Å²) >= 11 is 0. The summed E-state index contributed by atoms with van der Waals surface area (Å²) in [7, 11) is 1.75. The van der Waals surface area contributed by atoms with E-state index < -0.39 is 5.97 Å². The van der Waals surface area contributed by atoms with Gasteiger partial charge < -0.3 is 10.0 Å². The van der Waals surface area contributed by atoms with E-state index in [1.807, 2.05) is 0 Å². The summed E-state index contributed by atoms with van der Waals surface area (Å²) in [4.78, 5) is 23.7. The predicted octanol–water partition coefficient (Wildman–Crippen LogP) is 1.36. The Labute approximate surface area is 90.3 Å². The number of rotatable bonds is 5. The van der Waals surface area contributed by atoms with E-state index >= 15 is 0 Å². The van der Waals surface area contributed by atoms with Crippen molar-refractivity contribution in [2.45, 2.75) is 33.1 Å². The van der Waals surface area contributed by atoms with E-state index in [-0.39, 0.29) is 23.7 Å². The van der Waals surface area contributed by atoms with Gasteiger partial charge in [0.2, 0.25) is 5.91 Å². The van der Waals surface area contributed by atoms with Crippen molar-refractivity contribution in [3.05, 3.63) is 0 Å². The minimum atomic E-state index is -0.803. The molecule has 15 heavy (non-hydrogen) atoms. The van der Waals surface area contributed by atoms with Crippen LogP contribution in [0.3, 0.4) is 0 Å². The van der Waals surface area contributed by atoms with Gasteiger partial charge in [-0.3, -0.25) is 9.59 Å². The van der Waals surface area contributed by atoms with Crippen LogP contribution in [0.5, 0.6) is 0 Å². The number of hydrogen-bond donors (Lipinski definition) is 1. The summed E-state index contributed by atoms with van der Waals surface area (Å²) in [6, 6.07) is 0. The number of carboxylic acids is 1. The van der Waals surface area contributed by atoms with Crippen LogP contribution < -0.4 is 0 Å². The van der Waals surface area contributed by atoms with Gasteiger partial charge in [-0.1, -0.05) is 13.8 Å². The normalized spacial score (nSPS) is 22.2. The average molecular weight is 213 g/mol. The Morgan fingerprint density at radius 3 is 2.40 bits per heavy atom. The van der Waals surface area contributed by atoms with Crippen molar-refractivity contribution >= 4 is 11.9 Å². The molecule has 4 nitrogen and oxygen atoms in total. The van der Waals surface area contributed by atoms with Crippen LogP contribution in [0.2, 0.25) is 0 Å². The molecule has 0 radical (unpaired) electrons. The van der Waals surface area contributed by atoms with Crippen LogP contribution in [-0.4, -0.2) is 35.5 Å². The van der Waals surface area contributed by atoms with E-state index in [0.717, 1.165) is 6.42 Å². The number of carboxylic acid groups (broad SMARTS) is 1. The van der Waals surface area contributed by atoms with E-state index in [9.17, 15) is 9.59 Å². The lowest BCUT2D eigenvalue weighted by molar-refractivity contribution is -0.138. The molecule has 1 aliphatic rings. The molecule has 1 amide bonds. The molecule has 1 rings (SSSR count). The van der Waals surface area contributed by atoms with Crippen molar-refractivity contribution in [1.82, 2.24) is 4.90 Å². The summed E-state index contributed by atoms with van der Waals surface area (Å²) in [6.07, 6.45) is 1.62. The first-order valence-corrected chi connectivity index (χ1v) is 5.31. The first kappa shape index (κ1) is 12.0. The van der Waals surface area contributed by atoms with E-state index in [1.54, 1.807) is 11.9 Å². The monoisotopic (exact) mass is 213 g/mol. The summed E-state index contributed by atoms with van der Waals surface area (Å²) in [5.74, 6) is -0.500. The maximum Gasteiger partial charge on any atom is 0.303 e. The first-order chi connectivity index (χ1) is 6.84. The second-order valence-electron chi connectivity index (χ2n) is 5.00. The fourth-order valence-corrected chi connectivity index (χ4v) is 1.73. The predicted molar refractivity (Wildman–Crippen MR) is 56.4 cm³/mol. The zero-order chi connectivity index (χ0) is 11.6. The smallest absolute Gasteiger partial charge is 0.303 e. The zero-order valence-corrected chi connectivity index (χ0v) is 9.62.